The Morgan fingerprint density at radius 1 is 1.19 bits per heavy atom. The lowest BCUT2D eigenvalue weighted by Gasteiger charge is -2.09. The van der Waals surface area contributed by atoms with Gasteiger partial charge in [0.1, 0.15) is 0 Å². The van der Waals surface area contributed by atoms with Gasteiger partial charge in [0.05, 0.1) is 0 Å². The van der Waals surface area contributed by atoms with Gasteiger partial charge in [-0.1, -0.05) is 18.2 Å². The summed E-state index contributed by atoms with van der Waals surface area (Å²) in [6.07, 6.45) is 0. The monoisotopic (exact) mass is 286 g/mol. The molecule has 21 heavy (non-hydrogen) atoms. The smallest absolute Gasteiger partial charge is 0.358 e. The minimum absolute atomic E-state index is 0.0660. The van der Waals surface area contributed by atoms with Gasteiger partial charge < -0.3 is 15.2 Å². The molecule has 0 aliphatic rings. The maximum Gasteiger partial charge on any atom is 0.358 e. The van der Waals surface area contributed by atoms with Crippen LogP contribution in [0.1, 0.15) is 16.2 Å². The number of pyridine rings is 1. The minimum Gasteiger partial charge on any atom is -0.481 e. The second-order valence-corrected chi connectivity index (χ2v) is 4.31. The van der Waals surface area contributed by atoms with Gasteiger partial charge in [-0.15, -0.1) is 0 Å². The molecule has 0 spiro atoms. The Labute approximate surface area is 121 Å². The average molecular weight is 286 g/mol. The Morgan fingerprint density at radius 3 is 2.57 bits per heavy atom. The van der Waals surface area contributed by atoms with Crippen molar-refractivity contribution in [3.63, 3.8) is 0 Å². The topological polar surface area (TPSA) is 88.5 Å². The van der Waals surface area contributed by atoms with Gasteiger partial charge in [0.15, 0.2) is 18.1 Å². The number of carboxylic acid groups (broad SMARTS) is 1. The van der Waals surface area contributed by atoms with E-state index in [0.29, 0.717) is 11.4 Å². The second kappa shape index (κ2) is 6.51. The molecule has 0 radical (unpaired) electrons. The molecule has 1 heterocycles. The van der Waals surface area contributed by atoms with Crippen LogP contribution in [-0.4, -0.2) is 28.6 Å². The predicted octanol–water partition coefficient (Wildman–Crippen LogP) is 2.11. The zero-order valence-corrected chi connectivity index (χ0v) is 11.4. The van der Waals surface area contributed by atoms with E-state index in [1.54, 1.807) is 37.3 Å². The van der Waals surface area contributed by atoms with E-state index >= 15 is 0 Å². The van der Waals surface area contributed by atoms with Gasteiger partial charge in [-0.25, -0.2) is 9.78 Å². The molecule has 0 bridgehead atoms. The number of aryl methyl sites for hydroxylation is 1. The number of hydrogen-bond donors (Lipinski definition) is 2. The van der Waals surface area contributed by atoms with E-state index in [4.69, 9.17) is 9.84 Å². The summed E-state index contributed by atoms with van der Waals surface area (Å²) in [5.74, 6) is -1.51. The van der Waals surface area contributed by atoms with Gasteiger partial charge in [0.25, 0.3) is 5.91 Å². The van der Waals surface area contributed by atoms with Gasteiger partial charge in [-0.3, -0.25) is 4.79 Å². The van der Waals surface area contributed by atoms with E-state index in [9.17, 15) is 9.59 Å². The van der Waals surface area contributed by atoms with Crippen LogP contribution in [0.2, 0.25) is 0 Å². The van der Waals surface area contributed by atoms with Crippen LogP contribution < -0.4 is 10.1 Å². The number of carbonyl (C=O) groups is 2. The van der Waals surface area contributed by atoms with Gasteiger partial charge in [0.2, 0.25) is 0 Å². The number of nitrogens with one attached hydrogen (secondary N) is 1. The number of carboxylic acids is 1. The highest BCUT2D eigenvalue weighted by Crippen LogP contribution is 2.17. The normalized spacial score (nSPS) is 9.95. The first-order valence-electron chi connectivity index (χ1n) is 6.25. The van der Waals surface area contributed by atoms with Crippen molar-refractivity contribution in [3.05, 3.63) is 53.9 Å². The number of rotatable bonds is 5. The van der Waals surface area contributed by atoms with Gasteiger partial charge >= 0.3 is 5.97 Å². The van der Waals surface area contributed by atoms with E-state index in [0.717, 1.165) is 0 Å². The molecule has 0 aliphatic heterocycles. The maximum atomic E-state index is 11.7. The zero-order chi connectivity index (χ0) is 15.2. The standard InChI is InChI=1S/C15H14N2O4/c1-10-7-8-12(14(16-10)15(19)20)21-9-13(18)17-11-5-3-2-4-6-11/h2-8H,9H2,1H3,(H,17,18)(H,19,20). The molecule has 1 aromatic carbocycles. The highest BCUT2D eigenvalue weighted by atomic mass is 16.5. The summed E-state index contributed by atoms with van der Waals surface area (Å²) < 4.78 is 5.23. The second-order valence-electron chi connectivity index (χ2n) is 4.31. The first kappa shape index (κ1) is 14.5. The number of anilines is 1. The van der Waals surface area contributed by atoms with Crippen molar-refractivity contribution in [1.29, 1.82) is 0 Å². The van der Waals surface area contributed by atoms with Crippen molar-refractivity contribution in [2.75, 3.05) is 11.9 Å². The van der Waals surface area contributed by atoms with E-state index < -0.39 is 5.97 Å². The third-order valence-electron chi connectivity index (χ3n) is 2.62. The molecule has 1 amide bonds. The van der Waals surface area contributed by atoms with Crippen LogP contribution in [0.4, 0.5) is 5.69 Å². The summed E-state index contributed by atoms with van der Waals surface area (Å²) in [5, 5.41) is 11.7. The summed E-state index contributed by atoms with van der Waals surface area (Å²) in [6.45, 7) is 1.39. The minimum atomic E-state index is -1.20. The highest BCUT2D eigenvalue weighted by molar-refractivity contribution is 5.92. The van der Waals surface area contributed by atoms with Crippen LogP contribution >= 0.6 is 0 Å². The molecule has 2 aromatic rings. The fourth-order valence-electron chi connectivity index (χ4n) is 1.68. The number of aromatic carboxylic acids is 1. The van der Waals surface area contributed by atoms with Crippen LogP contribution in [0, 0.1) is 6.92 Å². The van der Waals surface area contributed by atoms with Crippen molar-refractivity contribution < 1.29 is 19.4 Å². The van der Waals surface area contributed by atoms with Crippen LogP contribution in [0.3, 0.4) is 0 Å². The van der Waals surface area contributed by atoms with Crippen molar-refractivity contribution >= 4 is 17.6 Å². The largest absolute Gasteiger partial charge is 0.481 e. The molecular weight excluding hydrogens is 272 g/mol. The lowest BCUT2D eigenvalue weighted by molar-refractivity contribution is -0.118. The third kappa shape index (κ3) is 4.04. The maximum absolute atomic E-state index is 11.7. The van der Waals surface area contributed by atoms with Gasteiger partial charge in [-0.2, -0.15) is 0 Å². The number of amides is 1. The number of benzene rings is 1. The molecule has 0 atom stereocenters. The number of ether oxygens (including phenoxy) is 1. The zero-order valence-electron chi connectivity index (χ0n) is 11.4. The molecule has 6 heteroatoms. The van der Waals surface area contributed by atoms with Gasteiger partial charge in [-0.05, 0) is 31.2 Å². The molecule has 2 rings (SSSR count). The van der Waals surface area contributed by atoms with Crippen LogP contribution in [-0.2, 0) is 4.79 Å². The molecule has 1 aromatic heterocycles. The summed E-state index contributed by atoms with van der Waals surface area (Å²) in [6, 6.07) is 12.0. The fraction of sp³-hybridized carbons (Fsp3) is 0.133. The van der Waals surface area contributed by atoms with Crippen LogP contribution in [0.5, 0.6) is 5.75 Å². The van der Waals surface area contributed by atoms with E-state index in [1.165, 1.54) is 6.07 Å². The molecule has 0 unspecified atom stereocenters. The van der Waals surface area contributed by atoms with Gasteiger partial charge in [0, 0.05) is 11.4 Å². The lowest BCUT2D eigenvalue weighted by Crippen LogP contribution is -2.21. The predicted molar refractivity (Wildman–Crippen MR) is 76.5 cm³/mol. The van der Waals surface area contributed by atoms with Crippen molar-refractivity contribution in [2.45, 2.75) is 6.92 Å². The molecule has 0 saturated carbocycles. The van der Waals surface area contributed by atoms with Crippen molar-refractivity contribution in [2.24, 2.45) is 0 Å². The molecule has 2 N–H and O–H groups in total. The number of aromatic nitrogens is 1. The molecule has 0 saturated heterocycles. The molecule has 0 fully saturated rings. The first-order chi connectivity index (χ1) is 10.1. The summed E-state index contributed by atoms with van der Waals surface area (Å²) in [5.41, 5.74) is 1.00. The number of hydrogen-bond acceptors (Lipinski definition) is 4. The molecule has 6 nitrogen and oxygen atoms in total. The van der Waals surface area contributed by atoms with E-state index in [-0.39, 0.29) is 24.0 Å². The Hall–Kier alpha value is -2.89. The highest BCUT2D eigenvalue weighted by Gasteiger charge is 2.14. The van der Waals surface area contributed by atoms with Crippen molar-refractivity contribution in [1.82, 2.24) is 4.98 Å². The Morgan fingerprint density at radius 2 is 1.90 bits per heavy atom. The number of nitrogens with zero attached hydrogens (tertiary/aromatic N) is 1. The fourth-order valence-corrected chi connectivity index (χ4v) is 1.68. The number of carbonyl (C=O) groups excluding carboxylic acids is 1. The first-order valence-corrected chi connectivity index (χ1v) is 6.25. The molecule has 0 aliphatic carbocycles. The number of para-hydroxylation sites is 1. The summed E-state index contributed by atoms with van der Waals surface area (Å²) in [4.78, 5) is 26.7. The van der Waals surface area contributed by atoms with Crippen LogP contribution in [0.25, 0.3) is 0 Å². The van der Waals surface area contributed by atoms with Crippen LogP contribution in [0.15, 0.2) is 42.5 Å². The molecule has 108 valence electrons. The van der Waals surface area contributed by atoms with E-state index in [1.807, 2.05) is 6.07 Å². The lowest BCUT2D eigenvalue weighted by atomic mass is 10.3. The Kier molecular flexibility index (Phi) is 4.50. The SMILES string of the molecule is Cc1ccc(OCC(=O)Nc2ccccc2)c(C(=O)O)n1. The molecular formula is C15H14N2O4. The Balaban J connectivity index is 2.00. The Bertz CT molecular complexity index is 656. The summed E-state index contributed by atoms with van der Waals surface area (Å²) >= 11 is 0. The van der Waals surface area contributed by atoms with Crippen molar-refractivity contribution in [3.8, 4) is 5.75 Å². The average Bonchev–Trinajstić information content (AvgIpc) is 2.47. The summed E-state index contributed by atoms with van der Waals surface area (Å²) in [7, 11) is 0. The third-order valence-corrected chi connectivity index (χ3v) is 2.62. The quantitative estimate of drug-likeness (QED) is 0.878. The van der Waals surface area contributed by atoms with E-state index in [2.05, 4.69) is 10.3 Å².